The quantitative estimate of drug-likeness (QED) is 0.765. The molecule has 0 saturated carbocycles. The van der Waals surface area contributed by atoms with Crippen LogP contribution >= 0.6 is 24.8 Å². The van der Waals surface area contributed by atoms with Gasteiger partial charge in [-0.2, -0.15) is 0 Å². The Hall–Kier alpha value is 0.0234. The van der Waals surface area contributed by atoms with Gasteiger partial charge in [-0.1, -0.05) is 6.07 Å². The molecule has 0 N–H and O–H groups in total. The Balaban J connectivity index is -0.000000750. The second-order valence-electron chi connectivity index (χ2n) is 3.73. The van der Waals surface area contributed by atoms with E-state index in [-0.39, 0.29) is 44.3 Å². The van der Waals surface area contributed by atoms with Gasteiger partial charge in [-0.15, -0.1) is 24.8 Å². The summed E-state index contributed by atoms with van der Waals surface area (Å²) in [4.78, 5) is 2.37. The Morgan fingerprint density at radius 2 is 1.56 bits per heavy atom. The summed E-state index contributed by atoms with van der Waals surface area (Å²) in [5.41, 5.74) is 3.87. The van der Waals surface area contributed by atoms with Crippen LogP contribution in [-0.2, 0) is 19.5 Å². The van der Waals surface area contributed by atoms with E-state index >= 15 is 0 Å². The molecule has 0 aromatic heterocycles. The molecule has 0 atom stereocenters. The summed E-state index contributed by atoms with van der Waals surface area (Å²) in [5, 5.41) is 0. The van der Waals surface area contributed by atoms with Gasteiger partial charge in [-0.05, 0) is 39.3 Å². The molecule has 0 saturated heterocycles. The van der Waals surface area contributed by atoms with E-state index in [1.807, 2.05) is 6.07 Å². The standard InChI is InChI=1S/C13H21NO.2ClH.Zn/c1-6-14(7-2)13-10(3)8-9-12(15-5)11(13)4;;;/h8-9H,6-7H2,1-5H3;2*1H;. The van der Waals surface area contributed by atoms with Crippen LogP contribution in [0.5, 0.6) is 5.75 Å². The van der Waals surface area contributed by atoms with Crippen molar-refractivity contribution in [2.24, 2.45) is 0 Å². The average molecular weight is 346 g/mol. The number of methoxy groups -OCH3 is 1. The Morgan fingerprint density at radius 1 is 1.06 bits per heavy atom. The molecule has 5 heteroatoms. The molecule has 0 unspecified atom stereocenters. The van der Waals surface area contributed by atoms with Crippen molar-refractivity contribution in [2.75, 3.05) is 25.1 Å². The number of rotatable bonds is 4. The minimum atomic E-state index is 0. The molecule has 1 aromatic carbocycles. The number of benzene rings is 1. The minimum absolute atomic E-state index is 0. The van der Waals surface area contributed by atoms with Crippen molar-refractivity contribution in [3.63, 3.8) is 0 Å². The topological polar surface area (TPSA) is 12.5 Å². The molecular weight excluding hydrogens is 322 g/mol. The molecule has 18 heavy (non-hydrogen) atoms. The van der Waals surface area contributed by atoms with Crippen LogP contribution in [0.15, 0.2) is 12.1 Å². The van der Waals surface area contributed by atoms with E-state index in [4.69, 9.17) is 4.74 Å². The van der Waals surface area contributed by atoms with Crippen molar-refractivity contribution >= 4 is 30.5 Å². The van der Waals surface area contributed by atoms with Crippen LogP contribution < -0.4 is 9.64 Å². The predicted molar refractivity (Wildman–Crippen MR) is 80.5 cm³/mol. The molecule has 0 aliphatic heterocycles. The summed E-state index contributed by atoms with van der Waals surface area (Å²) in [6.07, 6.45) is 0. The molecule has 2 nitrogen and oxygen atoms in total. The number of hydrogen-bond acceptors (Lipinski definition) is 2. The van der Waals surface area contributed by atoms with Gasteiger partial charge in [-0.25, -0.2) is 0 Å². The summed E-state index contributed by atoms with van der Waals surface area (Å²) in [5.74, 6) is 0.975. The van der Waals surface area contributed by atoms with Gasteiger partial charge in [-0.3, -0.25) is 0 Å². The molecular formula is C13H23Cl2NOZn. The van der Waals surface area contributed by atoms with Crippen molar-refractivity contribution in [3.8, 4) is 5.75 Å². The van der Waals surface area contributed by atoms with Crippen molar-refractivity contribution in [3.05, 3.63) is 23.3 Å². The molecule has 102 valence electrons. The molecule has 0 aliphatic rings. The van der Waals surface area contributed by atoms with Gasteiger partial charge < -0.3 is 9.64 Å². The van der Waals surface area contributed by atoms with E-state index in [2.05, 4.69) is 38.7 Å². The van der Waals surface area contributed by atoms with Crippen molar-refractivity contribution < 1.29 is 24.2 Å². The van der Waals surface area contributed by atoms with E-state index in [9.17, 15) is 0 Å². The normalized spacial score (nSPS) is 8.50. The first-order chi connectivity index (χ1) is 7.15. The van der Waals surface area contributed by atoms with E-state index in [0.29, 0.717) is 0 Å². The van der Waals surface area contributed by atoms with Gasteiger partial charge in [0.05, 0.1) is 7.11 Å². The van der Waals surface area contributed by atoms with Gasteiger partial charge in [0.15, 0.2) is 0 Å². The molecule has 0 spiro atoms. The molecule has 0 bridgehead atoms. The monoisotopic (exact) mass is 343 g/mol. The third-order valence-electron chi connectivity index (χ3n) is 2.88. The van der Waals surface area contributed by atoms with Gasteiger partial charge in [0.25, 0.3) is 0 Å². The fourth-order valence-electron chi connectivity index (χ4n) is 2.06. The zero-order valence-electron chi connectivity index (χ0n) is 11.9. The van der Waals surface area contributed by atoms with Crippen molar-refractivity contribution in [1.29, 1.82) is 0 Å². The summed E-state index contributed by atoms with van der Waals surface area (Å²) in [6.45, 7) is 10.7. The molecule has 0 radical (unpaired) electrons. The van der Waals surface area contributed by atoms with Gasteiger partial charge in [0.2, 0.25) is 0 Å². The molecule has 0 heterocycles. The number of hydrogen-bond donors (Lipinski definition) is 0. The SMILES string of the molecule is CCN(CC)c1c(C)ccc(OC)c1C.Cl.Cl.[Zn]. The Labute approximate surface area is 136 Å². The average Bonchev–Trinajstić information content (AvgIpc) is 2.24. The Morgan fingerprint density at radius 3 is 1.94 bits per heavy atom. The van der Waals surface area contributed by atoms with Crippen LogP contribution in [0.25, 0.3) is 0 Å². The van der Waals surface area contributed by atoms with E-state index in [0.717, 1.165) is 18.8 Å². The first kappa shape index (κ1) is 23.1. The largest absolute Gasteiger partial charge is 0.496 e. The van der Waals surface area contributed by atoms with Gasteiger partial charge in [0, 0.05) is 43.8 Å². The number of nitrogens with zero attached hydrogens (tertiary/aromatic N) is 1. The van der Waals surface area contributed by atoms with E-state index < -0.39 is 0 Å². The maximum absolute atomic E-state index is 5.35. The molecule has 0 fully saturated rings. The van der Waals surface area contributed by atoms with E-state index in [1.165, 1.54) is 16.8 Å². The number of halogens is 2. The van der Waals surface area contributed by atoms with Crippen molar-refractivity contribution in [1.82, 2.24) is 0 Å². The zero-order valence-corrected chi connectivity index (χ0v) is 16.5. The first-order valence-electron chi connectivity index (χ1n) is 5.54. The molecule has 1 rings (SSSR count). The smallest absolute Gasteiger partial charge is 0.123 e. The maximum Gasteiger partial charge on any atom is 0.123 e. The van der Waals surface area contributed by atoms with Crippen molar-refractivity contribution in [2.45, 2.75) is 27.7 Å². The van der Waals surface area contributed by atoms with Gasteiger partial charge in [0.1, 0.15) is 5.75 Å². The summed E-state index contributed by atoms with van der Waals surface area (Å²) >= 11 is 0. The first-order valence-corrected chi connectivity index (χ1v) is 5.54. The van der Waals surface area contributed by atoms with Crippen LogP contribution in [0.1, 0.15) is 25.0 Å². The van der Waals surface area contributed by atoms with Crippen LogP contribution in [0.3, 0.4) is 0 Å². The van der Waals surface area contributed by atoms with Gasteiger partial charge >= 0.3 is 0 Å². The Bertz CT molecular complexity index is 344. The summed E-state index contributed by atoms with van der Waals surface area (Å²) in [7, 11) is 1.73. The molecule has 0 amide bonds. The maximum atomic E-state index is 5.35. The van der Waals surface area contributed by atoms with E-state index in [1.54, 1.807) is 7.11 Å². The third-order valence-corrected chi connectivity index (χ3v) is 2.88. The number of ether oxygens (including phenoxy) is 1. The van der Waals surface area contributed by atoms with Crippen LogP contribution in [0.2, 0.25) is 0 Å². The fourth-order valence-corrected chi connectivity index (χ4v) is 2.06. The minimum Gasteiger partial charge on any atom is -0.496 e. The second-order valence-corrected chi connectivity index (χ2v) is 3.73. The summed E-state index contributed by atoms with van der Waals surface area (Å²) < 4.78 is 5.35. The van der Waals surface area contributed by atoms with Crippen LogP contribution in [0, 0.1) is 13.8 Å². The Kier molecular flexibility index (Phi) is 14.0. The number of anilines is 1. The third kappa shape index (κ3) is 4.95. The summed E-state index contributed by atoms with van der Waals surface area (Å²) in [6, 6.07) is 4.16. The zero-order chi connectivity index (χ0) is 11.4. The molecule has 1 aromatic rings. The number of aryl methyl sites for hydroxylation is 1. The second kappa shape index (κ2) is 10.9. The molecule has 0 aliphatic carbocycles. The van der Waals surface area contributed by atoms with Crippen LogP contribution in [-0.4, -0.2) is 20.2 Å². The fraction of sp³-hybridized carbons (Fsp3) is 0.538. The predicted octanol–water partition coefficient (Wildman–Crippen LogP) is 4.00. The van der Waals surface area contributed by atoms with Crippen LogP contribution in [0.4, 0.5) is 5.69 Å².